The highest BCUT2D eigenvalue weighted by Crippen LogP contribution is 2.30. The highest BCUT2D eigenvalue weighted by atomic mass is 32.2. The molecule has 0 spiro atoms. The molecule has 0 aromatic carbocycles. The second-order valence-electron chi connectivity index (χ2n) is 4.60. The van der Waals surface area contributed by atoms with Gasteiger partial charge in [0, 0.05) is 5.75 Å². The summed E-state index contributed by atoms with van der Waals surface area (Å²) in [6, 6.07) is 0.543. The zero-order valence-corrected chi connectivity index (χ0v) is 12.7. The predicted octanol–water partition coefficient (Wildman–Crippen LogP) is 3.41. The fourth-order valence-corrected chi connectivity index (χ4v) is 4.01. The first kappa shape index (κ1) is 14.2. The molecule has 1 saturated carbocycles. The summed E-state index contributed by atoms with van der Waals surface area (Å²) in [6.45, 7) is 2.21. The highest BCUT2D eigenvalue weighted by molar-refractivity contribution is 8.00. The Balaban J connectivity index is 1.79. The van der Waals surface area contributed by atoms with Gasteiger partial charge in [0.2, 0.25) is 5.16 Å². The summed E-state index contributed by atoms with van der Waals surface area (Å²) in [7, 11) is 0. The van der Waals surface area contributed by atoms with E-state index in [1.54, 1.807) is 0 Å². The van der Waals surface area contributed by atoms with E-state index in [9.17, 15) is 0 Å². The van der Waals surface area contributed by atoms with Crippen LogP contribution in [0.4, 0.5) is 0 Å². The van der Waals surface area contributed by atoms with Gasteiger partial charge in [-0.2, -0.15) is 11.8 Å². The maximum atomic E-state index is 4.18. The smallest absolute Gasteiger partial charge is 0.209 e. The third-order valence-corrected chi connectivity index (χ3v) is 5.26. The Hall–Kier alpha value is -0.230. The van der Waals surface area contributed by atoms with Crippen molar-refractivity contribution in [3.63, 3.8) is 0 Å². The van der Waals surface area contributed by atoms with E-state index in [2.05, 4.69) is 27.1 Å². The van der Waals surface area contributed by atoms with E-state index in [1.165, 1.54) is 50.0 Å². The first-order valence-corrected chi connectivity index (χ1v) is 9.04. The Morgan fingerprint density at radius 1 is 1.22 bits per heavy atom. The third-order valence-electron chi connectivity index (χ3n) is 3.25. The van der Waals surface area contributed by atoms with Crippen LogP contribution in [0.3, 0.4) is 0 Å². The molecule has 1 fully saturated rings. The molecule has 0 amide bonds. The topological polar surface area (TPSA) is 43.6 Å². The van der Waals surface area contributed by atoms with Crippen molar-refractivity contribution >= 4 is 23.5 Å². The van der Waals surface area contributed by atoms with Crippen molar-refractivity contribution in [3.8, 4) is 0 Å². The Morgan fingerprint density at radius 2 is 2.06 bits per heavy atom. The molecule has 0 bridgehead atoms. The van der Waals surface area contributed by atoms with Crippen LogP contribution in [0.5, 0.6) is 0 Å². The summed E-state index contributed by atoms with van der Waals surface area (Å²) in [6.07, 6.45) is 7.73. The second kappa shape index (κ2) is 8.04. The van der Waals surface area contributed by atoms with Crippen LogP contribution in [0.1, 0.15) is 51.5 Å². The van der Waals surface area contributed by atoms with Crippen molar-refractivity contribution in [1.82, 2.24) is 20.2 Å². The lowest BCUT2D eigenvalue weighted by Crippen LogP contribution is -2.15. The van der Waals surface area contributed by atoms with Crippen LogP contribution in [0.15, 0.2) is 5.16 Å². The lowest BCUT2D eigenvalue weighted by Gasteiger charge is -2.21. The summed E-state index contributed by atoms with van der Waals surface area (Å²) in [4.78, 5) is 0. The molecule has 2 rings (SSSR count). The van der Waals surface area contributed by atoms with E-state index in [0.717, 1.165) is 10.9 Å². The minimum atomic E-state index is 0.543. The van der Waals surface area contributed by atoms with Gasteiger partial charge in [-0.25, -0.2) is 4.68 Å². The maximum Gasteiger partial charge on any atom is 0.209 e. The molecule has 0 saturated heterocycles. The quantitative estimate of drug-likeness (QED) is 0.567. The van der Waals surface area contributed by atoms with Gasteiger partial charge >= 0.3 is 0 Å². The number of tetrazole rings is 1. The summed E-state index contributed by atoms with van der Waals surface area (Å²) >= 11 is 3.82. The van der Waals surface area contributed by atoms with Crippen molar-refractivity contribution in [1.29, 1.82) is 0 Å². The zero-order valence-electron chi connectivity index (χ0n) is 11.0. The van der Waals surface area contributed by atoms with Crippen molar-refractivity contribution < 1.29 is 0 Å². The summed E-state index contributed by atoms with van der Waals surface area (Å²) in [5, 5.41) is 13.2. The second-order valence-corrected chi connectivity index (χ2v) is 7.05. The first-order valence-electron chi connectivity index (χ1n) is 6.90. The molecule has 0 N–H and O–H groups in total. The molecule has 1 aliphatic rings. The van der Waals surface area contributed by atoms with Crippen LogP contribution in [0.25, 0.3) is 0 Å². The highest BCUT2D eigenvalue weighted by Gasteiger charge is 2.19. The van der Waals surface area contributed by atoms with Gasteiger partial charge in [-0.1, -0.05) is 37.9 Å². The molecule has 1 aliphatic carbocycles. The molecule has 1 heterocycles. The van der Waals surface area contributed by atoms with Gasteiger partial charge in [0.05, 0.1) is 6.04 Å². The number of hydrogen-bond donors (Lipinski definition) is 0. The van der Waals surface area contributed by atoms with Crippen molar-refractivity contribution in [3.05, 3.63) is 0 Å². The Kier molecular flexibility index (Phi) is 6.34. The van der Waals surface area contributed by atoms with Gasteiger partial charge in [0.15, 0.2) is 0 Å². The minimum absolute atomic E-state index is 0.543. The van der Waals surface area contributed by atoms with E-state index in [1.807, 2.05) is 23.5 Å². The average molecular weight is 286 g/mol. The number of hydrogen-bond acceptors (Lipinski definition) is 5. The number of nitrogens with zero attached hydrogens (tertiary/aromatic N) is 4. The van der Waals surface area contributed by atoms with Gasteiger partial charge in [-0.3, -0.25) is 0 Å². The minimum Gasteiger partial charge on any atom is -0.217 e. The summed E-state index contributed by atoms with van der Waals surface area (Å²) in [5.41, 5.74) is 0. The third kappa shape index (κ3) is 4.16. The van der Waals surface area contributed by atoms with Crippen molar-refractivity contribution in [2.24, 2.45) is 0 Å². The monoisotopic (exact) mass is 286 g/mol. The van der Waals surface area contributed by atoms with E-state index in [0.29, 0.717) is 6.04 Å². The fourth-order valence-electron chi connectivity index (χ4n) is 2.30. The van der Waals surface area contributed by atoms with Crippen LogP contribution < -0.4 is 0 Å². The van der Waals surface area contributed by atoms with Crippen LogP contribution in [-0.4, -0.2) is 37.5 Å². The van der Waals surface area contributed by atoms with Gasteiger partial charge < -0.3 is 0 Å². The van der Waals surface area contributed by atoms with Gasteiger partial charge in [0.25, 0.3) is 0 Å². The molecule has 102 valence electrons. The van der Waals surface area contributed by atoms with Crippen LogP contribution in [0, 0.1) is 0 Å². The molecule has 4 nitrogen and oxygen atoms in total. The summed E-state index contributed by atoms with van der Waals surface area (Å²) < 4.78 is 2.07. The SMILES string of the molecule is CCSCCCSc1nnnn1C1CCCCC1. The molecule has 6 heteroatoms. The van der Waals surface area contributed by atoms with Gasteiger partial charge in [-0.05, 0) is 41.2 Å². The molecular formula is C12H22N4S2. The number of aromatic nitrogens is 4. The Morgan fingerprint density at radius 3 is 2.83 bits per heavy atom. The molecule has 1 aromatic heterocycles. The Labute approximate surface area is 118 Å². The molecule has 0 atom stereocenters. The van der Waals surface area contributed by atoms with Crippen molar-refractivity contribution in [2.45, 2.75) is 56.6 Å². The molecule has 1 aromatic rings. The van der Waals surface area contributed by atoms with Crippen molar-refractivity contribution in [2.75, 3.05) is 17.3 Å². The summed E-state index contributed by atoms with van der Waals surface area (Å²) in [5.74, 6) is 3.58. The number of rotatable bonds is 7. The lowest BCUT2D eigenvalue weighted by atomic mass is 9.96. The standard InChI is InChI=1S/C12H22N4S2/c1-2-17-9-6-10-18-12-13-14-15-16(12)11-7-4-3-5-8-11/h11H,2-10H2,1H3. The number of thioether (sulfide) groups is 2. The van der Waals surface area contributed by atoms with Crippen LogP contribution >= 0.6 is 23.5 Å². The molecule has 0 radical (unpaired) electrons. The van der Waals surface area contributed by atoms with E-state index >= 15 is 0 Å². The first-order chi connectivity index (χ1) is 8.92. The zero-order chi connectivity index (χ0) is 12.6. The lowest BCUT2D eigenvalue weighted by molar-refractivity contribution is 0.307. The van der Waals surface area contributed by atoms with Gasteiger partial charge in [0.1, 0.15) is 0 Å². The van der Waals surface area contributed by atoms with Crippen LogP contribution in [-0.2, 0) is 0 Å². The molecule has 0 aliphatic heterocycles. The molecule has 0 unspecified atom stereocenters. The normalized spacial score (nSPS) is 17.2. The van der Waals surface area contributed by atoms with Crippen LogP contribution in [0.2, 0.25) is 0 Å². The van der Waals surface area contributed by atoms with Gasteiger partial charge in [-0.15, -0.1) is 5.10 Å². The van der Waals surface area contributed by atoms with E-state index in [-0.39, 0.29) is 0 Å². The average Bonchev–Trinajstić information content (AvgIpc) is 2.88. The van der Waals surface area contributed by atoms with E-state index in [4.69, 9.17) is 0 Å². The predicted molar refractivity (Wildman–Crippen MR) is 78.3 cm³/mol. The largest absolute Gasteiger partial charge is 0.217 e. The maximum absolute atomic E-state index is 4.18. The Bertz CT molecular complexity index is 337. The molecular weight excluding hydrogens is 264 g/mol. The molecule has 18 heavy (non-hydrogen) atoms. The van der Waals surface area contributed by atoms with E-state index < -0.39 is 0 Å². The fraction of sp³-hybridized carbons (Fsp3) is 0.917.